The van der Waals surface area contributed by atoms with Crippen LogP contribution in [0.4, 0.5) is 0 Å². The van der Waals surface area contributed by atoms with Crippen molar-refractivity contribution in [2.24, 2.45) is 0 Å². The van der Waals surface area contributed by atoms with Gasteiger partial charge < -0.3 is 0 Å². The fourth-order valence-corrected chi connectivity index (χ4v) is 1.08. The Kier molecular flexibility index (Phi) is 2.15. The Balaban J connectivity index is 3.54. The van der Waals surface area contributed by atoms with Gasteiger partial charge in [-0.05, 0) is 6.92 Å². The van der Waals surface area contributed by atoms with Crippen LogP contribution in [0, 0.1) is 25.2 Å². The van der Waals surface area contributed by atoms with Crippen LogP contribution in [-0.4, -0.2) is 10.3 Å². The monoisotopic (exact) mass is 184 g/mol. The third kappa shape index (κ3) is 1.19. The highest BCUT2D eigenvalue weighted by Gasteiger charge is 2.18. The zero-order chi connectivity index (χ0) is 9.30. The summed E-state index contributed by atoms with van der Waals surface area (Å²) in [6.45, 7) is 3.35. The van der Waals surface area contributed by atoms with E-state index >= 15 is 0 Å². The van der Waals surface area contributed by atoms with Gasteiger partial charge in [-0.1, -0.05) is 11.6 Å². The first-order valence-corrected chi connectivity index (χ1v) is 3.64. The van der Waals surface area contributed by atoms with E-state index in [2.05, 4.69) is 5.10 Å². The van der Waals surface area contributed by atoms with Crippen molar-refractivity contribution < 1.29 is 10.1 Å². The van der Waals surface area contributed by atoms with Gasteiger partial charge in [0, 0.05) is 12.5 Å². The molecule has 0 aliphatic rings. The molecule has 1 rings (SSSR count). The minimum Gasteiger partial charge on any atom is -0.259 e. The van der Waals surface area contributed by atoms with E-state index in [9.17, 15) is 0 Å². The van der Waals surface area contributed by atoms with Crippen molar-refractivity contribution in [2.75, 3.05) is 0 Å². The molecule has 0 fully saturated rings. The van der Waals surface area contributed by atoms with Gasteiger partial charge in [-0.3, -0.25) is 5.21 Å². The molecule has 0 unspecified atom stereocenters. The molecule has 1 aromatic heterocycles. The van der Waals surface area contributed by atoms with Crippen LogP contribution < -0.4 is 4.85 Å². The molecule has 4 nitrogen and oxygen atoms in total. The smallest absolute Gasteiger partial charge is 0.259 e. The van der Waals surface area contributed by atoms with E-state index in [1.165, 1.54) is 0 Å². The molecule has 0 aliphatic carbocycles. The first kappa shape index (κ1) is 8.75. The van der Waals surface area contributed by atoms with E-state index in [-0.39, 0.29) is 5.15 Å². The number of aromatic nitrogens is 2. The fraction of sp³-hybridized carbons (Fsp3) is 0.286. The van der Waals surface area contributed by atoms with Crippen LogP contribution in [0.3, 0.4) is 0 Å². The molecule has 1 N–H and O–H groups in total. The van der Waals surface area contributed by atoms with Gasteiger partial charge in [-0.25, -0.2) is 0 Å². The van der Waals surface area contributed by atoms with E-state index in [0.717, 1.165) is 0 Å². The number of halogens is 1. The molecule has 1 aromatic rings. The highest BCUT2D eigenvalue weighted by Crippen LogP contribution is 2.15. The van der Waals surface area contributed by atoms with Crippen LogP contribution in [0.5, 0.6) is 0 Å². The van der Waals surface area contributed by atoms with Crippen LogP contribution in [0.25, 0.3) is 0 Å². The lowest BCUT2D eigenvalue weighted by molar-refractivity contribution is -0.952. The summed E-state index contributed by atoms with van der Waals surface area (Å²) < 4.78 is 0. The Morgan fingerprint density at radius 3 is 2.67 bits per heavy atom. The number of hydrogen-bond acceptors (Lipinski definition) is 3. The van der Waals surface area contributed by atoms with Crippen LogP contribution in [-0.2, 0) is 0 Å². The molecule has 0 saturated heterocycles. The van der Waals surface area contributed by atoms with Gasteiger partial charge >= 0.3 is 0 Å². The maximum absolute atomic E-state index is 9.11. The molecule has 0 bridgehead atoms. The summed E-state index contributed by atoms with van der Waals surface area (Å²) in [6, 6.07) is 1.91. The van der Waals surface area contributed by atoms with E-state index < -0.39 is 0 Å². The third-order valence-corrected chi connectivity index (χ3v) is 1.98. The third-order valence-electron chi connectivity index (χ3n) is 1.72. The lowest BCUT2D eigenvalue weighted by atomic mass is 10.1. The molecule has 62 valence electrons. The Hall–Kier alpha value is -1.34. The average molecular weight is 185 g/mol. The zero-order valence-corrected chi connectivity index (χ0v) is 7.42. The lowest BCUT2D eigenvalue weighted by Crippen LogP contribution is -2.39. The summed E-state index contributed by atoms with van der Waals surface area (Å²) in [5.41, 5.74) is 1.45. The maximum Gasteiger partial charge on any atom is 0.267 e. The topological polar surface area (TPSA) is 60.8 Å². The maximum atomic E-state index is 9.11. The van der Waals surface area contributed by atoms with Gasteiger partial charge in [0.1, 0.15) is 16.5 Å². The Morgan fingerprint density at radius 2 is 2.17 bits per heavy atom. The second-order valence-corrected chi connectivity index (χ2v) is 2.74. The van der Waals surface area contributed by atoms with Crippen molar-refractivity contribution in [3.63, 3.8) is 0 Å². The average Bonchev–Trinajstić information content (AvgIpc) is 2.01. The second kappa shape index (κ2) is 2.95. The van der Waals surface area contributed by atoms with E-state index in [1.807, 2.05) is 6.07 Å². The first-order valence-electron chi connectivity index (χ1n) is 3.26. The van der Waals surface area contributed by atoms with Gasteiger partial charge in [-0.15, -0.1) is 0 Å². The standard InChI is InChI=1S/C7H7ClN3O/c1-4-5(2)11(12)10-7(8)6(4)3-9/h1-2H3,(H,10,12)/q+1. The van der Waals surface area contributed by atoms with E-state index in [1.54, 1.807) is 13.8 Å². The normalized spacial score (nSPS) is 9.50. The van der Waals surface area contributed by atoms with Crippen molar-refractivity contribution >= 4 is 11.6 Å². The van der Waals surface area contributed by atoms with Crippen molar-refractivity contribution in [3.8, 4) is 6.07 Å². The SMILES string of the molecule is Cc1c(C#N)c(Cl)n[n+](O)c1C. The Morgan fingerprint density at radius 1 is 1.58 bits per heavy atom. The van der Waals surface area contributed by atoms with Gasteiger partial charge in [-0.2, -0.15) is 5.26 Å². The first-order chi connectivity index (χ1) is 5.57. The Bertz CT molecular complexity index is 370. The number of nitriles is 1. The minimum atomic E-state index is 0.0168. The summed E-state index contributed by atoms with van der Waals surface area (Å²) in [4.78, 5) is 0.665. The number of nitrogens with zero attached hydrogens (tertiary/aromatic N) is 3. The highest BCUT2D eigenvalue weighted by molar-refractivity contribution is 6.30. The molecule has 12 heavy (non-hydrogen) atoms. The van der Waals surface area contributed by atoms with E-state index in [0.29, 0.717) is 21.7 Å². The fourth-order valence-electron chi connectivity index (χ4n) is 0.824. The summed E-state index contributed by atoms with van der Waals surface area (Å²) in [5, 5.41) is 21.3. The second-order valence-electron chi connectivity index (χ2n) is 2.38. The molecule has 0 spiro atoms. The van der Waals surface area contributed by atoms with Crippen LogP contribution in [0.1, 0.15) is 16.8 Å². The molecule has 0 saturated carbocycles. The van der Waals surface area contributed by atoms with Crippen LogP contribution in [0.2, 0.25) is 5.15 Å². The summed E-state index contributed by atoms with van der Waals surface area (Å²) in [7, 11) is 0. The molecule has 5 heteroatoms. The Labute approximate surface area is 74.6 Å². The molecular formula is C7H7ClN3O+. The van der Waals surface area contributed by atoms with Gasteiger partial charge in [0.25, 0.3) is 5.69 Å². The van der Waals surface area contributed by atoms with Crippen molar-refractivity contribution in [1.29, 1.82) is 5.26 Å². The summed E-state index contributed by atoms with van der Waals surface area (Å²) >= 11 is 5.59. The number of hydrogen-bond donors (Lipinski definition) is 1. The molecule has 0 aromatic carbocycles. The van der Waals surface area contributed by atoms with Crippen LogP contribution in [0.15, 0.2) is 0 Å². The molecule has 1 heterocycles. The van der Waals surface area contributed by atoms with Crippen molar-refractivity contribution in [3.05, 3.63) is 22.0 Å². The van der Waals surface area contributed by atoms with Gasteiger partial charge in [0.15, 0.2) is 0 Å². The molecule has 0 amide bonds. The zero-order valence-electron chi connectivity index (χ0n) is 6.67. The summed E-state index contributed by atoms with van der Waals surface area (Å²) in [6.07, 6.45) is 0. The molecule has 0 radical (unpaired) electrons. The number of rotatable bonds is 0. The highest BCUT2D eigenvalue weighted by atomic mass is 35.5. The molecule has 0 aliphatic heterocycles. The quantitative estimate of drug-likeness (QED) is 0.478. The van der Waals surface area contributed by atoms with Crippen LogP contribution >= 0.6 is 11.6 Å². The van der Waals surface area contributed by atoms with Crippen molar-refractivity contribution in [1.82, 2.24) is 5.10 Å². The predicted octanol–water partition coefficient (Wildman–Crippen LogP) is 0.748. The largest absolute Gasteiger partial charge is 0.267 e. The predicted molar refractivity (Wildman–Crippen MR) is 40.8 cm³/mol. The van der Waals surface area contributed by atoms with E-state index in [4.69, 9.17) is 22.1 Å². The van der Waals surface area contributed by atoms with Gasteiger partial charge in [0.05, 0.1) is 5.10 Å². The minimum absolute atomic E-state index is 0.0168. The molecular weight excluding hydrogens is 178 g/mol. The lowest BCUT2D eigenvalue weighted by Gasteiger charge is -1.96. The summed E-state index contributed by atoms with van der Waals surface area (Å²) in [5.74, 6) is 0. The van der Waals surface area contributed by atoms with Gasteiger partial charge in [0.2, 0.25) is 5.15 Å². The molecule has 0 atom stereocenters. The van der Waals surface area contributed by atoms with Crippen molar-refractivity contribution in [2.45, 2.75) is 13.8 Å².